The molecule has 0 bridgehead atoms. The lowest BCUT2D eigenvalue weighted by Crippen LogP contribution is -1.84. The molecule has 1 aromatic heterocycles. The van der Waals surface area contributed by atoms with Crippen LogP contribution in [0.3, 0.4) is 0 Å². The third-order valence-corrected chi connectivity index (χ3v) is 6.13. The van der Waals surface area contributed by atoms with Crippen LogP contribution in [0.4, 0.5) is 0 Å². The van der Waals surface area contributed by atoms with Crippen molar-refractivity contribution in [3.8, 4) is 0 Å². The zero-order valence-electron chi connectivity index (χ0n) is 15.4. The Kier molecular flexibility index (Phi) is 9.83. The smallest absolute Gasteiger partial charge is 0.100 e. The third-order valence-electron chi connectivity index (χ3n) is 4.00. The first-order chi connectivity index (χ1) is 12.3. The first-order valence-electron chi connectivity index (χ1n) is 9.29. The fourth-order valence-corrected chi connectivity index (χ4v) is 4.30. The molecule has 0 spiro atoms. The predicted octanol–water partition coefficient (Wildman–Crippen LogP) is 7.87. The number of benzene rings is 1. The summed E-state index contributed by atoms with van der Waals surface area (Å²) >= 11 is 3.63. The van der Waals surface area contributed by atoms with Gasteiger partial charge in [-0.2, -0.15) is 0 Å². The summed E-state index contributed by atoms with van der Waals surface area (Å²) in [5, 5.41) is 3.40. The molecule has 0 unspecified atom stereocenters. The van der Waals surface area contributed by atoms with Gasteiger partial charge in [-0.05, 0) is 54.3 Å². The van der Waals surface area contributed by atoms with Crippen LogP contribution in [0, 0.1) is 6.92 Å². The molecule has 3 heteroatoms. The average Bonchev–Trinajstić information content (AvgIpc) is 2.64. The van der Waals surface area contributed by atoms with Gasteiger partial charge in [-0.25, -0.2) is 4.98 Å². The van der Waals surface area contributed by atoms with E-state index in [-0.39, 0.29) is 0 Å². The van der Waals surface area contributed by atoms with Crippen molar-refractivity contribution in [3.63, 3.8) is 0 Å². The third kappa shape index (κ3) is 8.64. The van der Waals surface area contributed by atoms with E-state index in [1.165, 1.54) is 53.9 Å². The van der Waals surface area contributed by atoms with E-state index in [0.717, 1.165) is 11.4 Å². The molecule has 1 nitrogen and oxygen atoms in total. The molecule has 2 aromatic rings. The summed E-state index contributed by atoms with van der Waals surface area (Å²) in [6.45, 7) is 4.40. The summed E-state index contributed by atoms with van der Waals surface area (Å²) < 4.78 is 0. The largest absolute Gasteiger partial charge is 0.250 e. The van der Waals surface area contributed by atoms with Gasteiger partial charge >= 0.3 is 0 Å². The zero-order chi connectivity index (χ0) is 17.7. The molecule has 0 atom stereocenters. The van der Waals surface area contributed by atoms with E-state index in [1.54, 1.807) is 0 Å². The van der Waals surface area contributed by atoms with Gasteiger partial charge in [-0.1, -0.05) is 86.3 Å². The monoisotopic (exact) mass is 371 g/mol. The molecule has 0 amide bonds. The Labute approximate surface area is 161 Å². The molecule has 2 rings (SSSR count). The van der Waals surface area contributed by atoms with Crippen molar-refractivity contribution in [2.24, 2.45) is 0 Å². The average molecular weight is 372 g/mol. The van der Waals surface area contributed by atoms with E-state index in [0.29, 0.717) is 0 Å². The van der Waals surface area contributed by atoms with Gasteiger partial charge in [0.2, 0.25) is 0 Å². The summed E-state index contributed by atoms with van der Waals surface area (Å²) in [5.74, 6) is 0. The van der Waals surface area contributed by atoms with Crippen LogP contribution >= 0.6 is 23.5 Å². The molecule has 0 aliphatic carbocycles. The quantitative estimate of drug-likeness (QED) is 0.294. The second-order valence-corrected chi connectivity index (χ2v) is 8.39. The minimum Gasteiger partial charge on any atom is -0.250 e. The molecule has 0 fully saturated rings. The predicted molar refractivity (Wildman–Crippen MR) is 113 cm³/mol. The normalized spacial score (nSPS) is 11.7. The molecule has 0 aliphatic heterocycles. The zero-order valence-corrected chi connectivity index (χ0v) is 17.0. The highest BCUT2D eigenvalue weighted by atomic mass is 32.2. The molecule has 134 valence electrons. The maximum absolute atomic E-state index is 4.47. The van der Waals surface area contributed by atoms with Gasteiger partial charge in [0.1, 0.15) is 5.03 Å². The number of aryl methyl sites for hydroxylation is 1. The van der Waals surface area contributed by atoms with E-state index in [1.807, 2.05) is 35.8 Å². The van der Waals surface area contributed by atoms with Crippen LogP contribution in [-0.2, 0) is 0 Å². The summed E-state index contributed by atoms with van der Waals surface area (Å²) in [6.07, 6.45) is 11.0. The lowest BCUT2D eigenvalue weighted by Gasteiger charge is -2.07. The van der Waals surface area contributed by atoms with Gasteiger partial charge in [-0.3, -0.25) is 0 Å². The Hall–Kier alpha value is -1.19. The van der Waals surface area contributed by atoms with E-state index in [9.17, 15) is 0 Å². The van der Waals surface area contributed by atoms with Gasteiger partial charge in [0.15, 0.2) is 0 Å². The fraction of sp³-hybridized carbons (Fsp3) is 0.409. The first-order valence-corrected chi connectivity index (χ1v) is 11.0. The highest BCUT2D eigenvalue weighted by Crippen LogP contribution is 2.33. The number of pyridine rings is 1. The van der Waals surface area contributed by atoms with Gasteiger partial charge in [0, 0.05) is 11.1 Å². The molecule has 0 saturated heterocycles. The maximum atomic E-state index is 4.47. The van der Waals surface area contributed by atoms with Crippen molar-refractivity contribution in [3.05, 3.63) is 64.5 Å². The van der Waals surface area contributed by atoms with E-state index in [2.05, 4.69) is 60.6 Å². The minimum atomic E-state index is 1.09. The highest BCUT2D eigenvalue weighted by Gasteiger charge is 2.03. The van der Waals surface area contributed by atoms with Crippen LogP contribution < -0.4 is 0 Å². The lowest BCUT2D eigenvalue weighted by molar-refractivity contribution is 0.610. The summed E-state index contributed by atoms with van der Waals surface area (Å²) in [5.41, 5.74) is 1.31. The standard InChI is InChI=1S/C22H29NS2/c1-3-4-5-6-7-8-11-21(25-22-12-9-10-17-23-22)18-24-20-15-13-19(2)14-16-20/h9-10,12-18H,3-8,11H2,1-2H3/b21-18-. The van der Waals surface area contributed by atoms with Gasteiger partial charge < -0.3 is 0 Å². The molecule has 0 radical (unpaired) electrons. The Balaban J connectivity index is 1.90. The number of thioether (sulfide) groups is 2. The van der Waals surface area contributed by atoms with Crippen LogP contribution in [0.5, 0.6) is 0 Å². The first kappa shape index (κ1) is 20.1. The maximum Gasteiger partial charge on any atom is 0.100 e. The summed E-state index contributed by atoms with van der Waals surface area (Å²) in [7, 11) is 0. The van der Waals surface area contributed by atoms with Crippen molar-refractivity contribution < 1.29 is 0 Å². The Morgan fingerprint density at radius 2 is 1.72 bits per heavy atom. The molecule has 1 aromatic carbocycles. The number of aromatic nitrogens is 1. The van der Waals surface area contributed by atoms with Crippen LogP contribution in [0.1, 0.15) is 57.4 Å². The van der Waals surface area contributed by atoms with Gasteiger partial charge in [0.25, 0.3) is 0 Å². The minimum absolute atomic E-state index is 1.09. The number of hydrogen-bond donors (Lipinski definition) is 0. The number of rotatable bonds is 11. The number of allylic oxidation sites excluding steroid dienone is 1. The molecule has 0 saturated carbocycles. The fourth-order valence-electron chi connectivity index (χ4n) is 2.51. The molecule has 0 aliphatic rings. The SMILES string of the molecule is CCCCCCCC/C(=C/Sc1ccc(C)cc1)Sc1ccccn1. The van der Waals surface area contributed by atoms with Crippen molar-refractivity contribution in [2.75, 3.05) is 0 Å². The second-order valence-electron chi connectivity index (χ2n) is 6.30. The van der Waals surface area contributed by atoms with Crippen LogP contribution in [-0.4, -0.2) is 4.98 Å². The number of hydrogen-bond acceptors (Lipinski definition) is 3. The molecular formula is C22H29NS2. The van der Waals surface area contributed by atoms with E-state index in [4.69, 9.17) is 0 Å². The Morgan fingerprint density at radius 1 is 0.960 bits per heavy atom. The van der Waals surface area contributed by atoms with Crippen molar-refractivity contribution >= 4 is 23.5 Å². The lowest BCUT2D eigenvalue weighted by atomic mass is 10.1. The van der Waals surface area contributed by atoms with Crippen molar-refractivity contribution in [1.82, 2.24) is 4.98 Å². The van der Waals surface area contributed by atoms with E-state index < -0.39 is 0 Å². The molecule has 1 heterocycles. The van der Waals surface area contributed by atoms with Crippen LogP contribution in [0.2, 0.25) is 0 Å². The topological polar surface area (TPSA) is 12.9 Å². The highest BCUT2D eigenvalue weighted by molar-refractivity contribution is 8.06. The van der Waals surface area contributed by atoms with Crippen molar-refractivity contribution in [2.45, 2.75) is 68.7 Å². The van der Waals surface area contributed by atoms with Crippen LogP contribution in [0.15, 0.2) is 68.9 Å². The Morgan fingerprint density at radius 3 is 2.44 bits per heavy atom. The second kappa shape index (κ2) is 12.2. The van der Waals surface area contributed by atoms with Crippen molar-refractivity contribution in [1.29, 1.82) is 0 Å². The molecule has 0 N–H and O–H groups in total. The summed E-state index contributed by atoms with van der Waals surface area (Å²) in [6, 6.07) is 14.9. The number of nitrogens with zero attached hydrogens (tertiary/aromatic N) is 1. The van der Waals surface area contributed by atoms with Gasteiger partial charge in [0.05, 0.1) is 0 Å². The number of unbranched alkanes of at least 4 members (excludes halogenated alkanes) is 5. The summed E-state index contributed by atoms with van der Waals surface area (Å²) in [4.78, 5) is 7.18. The Bertz CT molecular complexity index is 620. The van der Waals surface area contributed by atoms with Gasteiger partial charge in [-0.15, -0.1) is 0 Å². The van der Waals surface area contributed by atoms with Crippen LogP contribution in [0.25, 0.3) is 0 Å². The molecular weight excluding hydrogens is 342 g/mol. The van der Waals surface area contributed by atoms with E-state index >= 15 is 0 Å². The molecule has 25 heavy (non-hydrogen) atoms.